The third-order valence-corrected chi connectivity index (χ3v) is 2.68. The summed E-state index contributed by atoms with van der Waals surface area (Å²) in [6.45, 7) is 0. The SMILES string of the molecule is COc1ccccc1/C=C/C=N\NC(=O)c1ccncc1. The van der Waals surface area contributed by atoms with E-state index < -0.39 is 0 Å². The molecule has 5 nitrogen and oxygen atoms in total. The number of hydrogen-bond acceptors (Lipinski definition) is 4. The van der Waals surface area contributed by atoms with Gasteiger partial charge in [0.1, 0.15) is 5.75 Å². The first-order valence-corrected chi connectivity index (χ1v) is 6.34. The maximum atomic E-state index is 11.7. The Balaban J connectivity index is 1.91. The molecule has 1 N–H and O–H groups in total. The van der Waals surface area contributed by atoms with E-state index in [1.54, 1.807) is 37.7 Å². The van der Waals surface area contributed by atoms with Crippen molar-refractivity contribution < 1.29 is 9.53 Å². The highest BCUT2D eigenvalue weighted by Crippen LogP contribution is 2.18. The molecule has 21 heavy (non-hydrogen) atoms. The molecule has 0 aliphatic carbocycles. The summed E-state index contributed by atoms with van der Waals surface area (Å²) in [6, 6.07) is 10.9. The first-order valence-electron chi connectivity index (χ1n) is 6.34. The van der Waals surface area contributed by atoms with Crippen LogP contribution in [0.15, 0.2) is 60.0 Å². The van der Waals surface area contributed by atoms with Crippen molar-refractivity contribution in [2.75, 3.05) is 7.11 Å². The Bertz CT molecular complexity index is 652. The molecule has 0 saturated carbocycles. The summed E-state index contributed by atoms with van der Waals surface area (Å²) in [5.41, 5.74) is 3.88. The van der Waals surface area contributed by atoms with Gasteiger partial charge >= 0.3 is 0 Å². The number of pyridine rings is 1. The molecule has 0 radical (unpaired) electrons. The van der Waals surface area contributed by atoms with Crippen molar-refractivity contribution in [3.63, 3.8) is 0 Å². The van der Waals surface area contributed by atoms with E-state index in [1.807, 2.05) is 30.3 Å². The van der Waals surface area contributed by atoms with E-state index in [2.05, 4.69) is 15.5 Å². The van der Waals surface area contributed by atoms with Crippen molar-refractivity contribution in [1.29, 1.82) is 0 Å². The summed E-state index contributed by atoms with van der Waals surface area (Å²) < 4.78 is 5.23. The lowest BCUT2D eigenvalue weighted by molar-refractivity contribution is 0.0955. The molecule has 2 aromatic rings. The Morgan fingerprint density at radius 3 is 2.76 bits per heavy atom. The van der Waals surface area contributed by atoms with Gasteiger partial charge in [0.15, 0.2) is 0 Å². The molecule has 0 atom stereocenters. The van der Waals surface area contributed by atoms with Gasteiger partial charge in [0.2, 0.25) is 0 Å². The zero-order valence-corrected chi connectivity index (χ0v) is 11.6. The number of aromatic nitrogens is 1. The molecule has 1 aromatic carbocycles. The number of nitrogens with zero attached hydrogens (tertiary/aromatic N) is 2. The van der Waals surface area contributed by atoms with Gasteiger partial charge < -0.3 is 4.74 Å². The Morgan fingerprint density at radius 1 is 1.24 bits per heavy atom. The number of allylic oxidation sites excluding steroid dienone is 1. The van der Waals surface area contributed by atoms with Crippen molar-refractivity contribution in [3.8, 4) is 5.75 Å². The van der Waals surface area contributed by atoms with Crippen LogP contribution < -0.4 is 10.2 Å². The van der Waals surface area contributed by atoms with E-state index in [0.29, 0.717) is 5.56 Å². The van der Waals surface area contributed by atoms with E-state index in [-0.39, 0.29) is 5.91 Å². The van der Waals surface area contributed by atoms with Gasteiger partial charge in [0, 0.05) is 29.7 Å². The number of amides is 1. The molecular weight excluding hydrogens is 266 g/mol. The Hall–Kier alpha value is -2.95. The average molecular weight is 281 g/mol. The minimum atomic E-state index is -0.278. The smallest absolute Gasteiger partial charge is 0.271 e. The number of methoxy groups -OCH3 is 1. The van der Waals surface area contributed by atoms with E-state index >= 15 is 0 Å². The number of benzene rings is 1. The highest BCUT2D eigenvalue weighted by molar-refractivity contribution is 5.94. The highest BCUT2D eigenvalue weighted by Gasteiger charge is 2.01. The topological polar surface area (TPSA) is 63.6 Å². The van der Waals surface area contributed by atoms with Crippen LogP contribution in [0.5, 0.6) is 5.75 Å². The first kappa shape index (κ1) is 14.5. The van der Waals surface area contributed by atoms with Crippen LogP contribution in [0.4, 0.5) is 0 Å². The van der Waals surface area contributed by atoms with Crippen molar-refractivity contribution in [3.05, 3.63) is 66.0 Å². The van der Waals surface area contributed by atoms with Gasteiger partial charge in [-0.15, -0.1) is 0 Å². The Labute approximate surface area is 123 Å². The summed E-state index contributed by atoms with van der Waals surface area (Å²) in [6.07, 6.45) is 8.19. The number of hydrazone groups is 1. The van der Waals surface area contributed by atoms with Gasteiger partial charge in [-0.25, -0.2) is 5.43 Å². The molecule has 0 unspecified atom stereocenters. The molecule has 0 saturated heterocycles. The van der Waals surface area contributed by atoms with Gasteiger partial charge in [0.05, 0.1) is 7.11 Å². The fourth-order valence-electron chi connectivity index (χ4n) is 1.66. The second-order valence-corrected chi connectivity index (χ2v) is 4.06. The molecule has 1 amide bonds. The van der Waals surface area contributed by atoms with Crippen LogP contribution in [0.3, 0.4) is 0 Å². The molecule has 1 heterocycles. The van der Waals surface area contributed by atoms with Crippen LogP contribution in [0.1, 0.15) is 15.9 Å². The molecule has 0 aliphatic heterocycles. The van der Waals surface area contributed by atoms with E-state index in [1.165, 1.54) is 6.21 Å². The Morgan fingerprint density at radius 2 is 2.00 bits per heavy atom. The van der Waals surface area contributed by atoms with E-state index in [4.69, 9.17) is 4.74 Å². The second kappa shape index (κ2) is 7.59. The molecule has 0 bridgehead atoms. The minimum Gasteiger partial charge on any atom is -0.496 e. The zero-order chi connectivity index (χ0) is 14.9. The summed E-state index contributed by atoms with van der Waals surface area (Å²) in [7, 11) is 1.62. The summed E-state index contributed by atoms with van der Waals surface area (Å²) >= 11 is 0. The van der Waals surface area contributed by atoms with Gasteiger partial charge in [-0.1, -0.05) is 18.2 Å². The molecule has 2 rings (SSSR count). The number of nitrogens with one attached hydrogen (secondary N) is 1. The second-order valence-electron chi connectivity index (χ2n) is 4.06. The standard InChI is InChI=1S/C16H15N3O2/c1-21-15-7-3-2-5-13(15)6-4-10-18-19-16(20)14-8-11-17-12-9-14/h2-12H,1H3,(H,19,20)/b6-4+,18-10-. The maximum absolute atomic E-state index is 11.7. The molecule has 0 aliphatic rings. The van der Waals surface area contributed by atoms with Crippen LogP contribution in [0, 0.1) is 0 Å². The molecular formula is C16H15N3O2. The molecule has 106 valence electrons. The largest absolute Gasteiger partial charge is 0.496 e. The summed E-state index contributed by atoms with van der Waals surface area (Å²) in [4.78, 5) is 15.5. The fraction of sp³-hybridized carbons (Fsp3) is 0.0625. The average Bonchev–Trinajstić information content (AvgIpc) is 2.55. The third kappa shape index (κ3) is 4.28. The van der Waals surface area contributed by atoms with Gasteiger partial charge in [-0.2, -0.15) is 5.10 Å². The number of ether oxygens (including phenoxy) is 1. The number of rotatable bonds is 5. The predicted molar refractivity (Wildman–Crippen MR) is 82.2 cm³/mol. The maximum Gasteiger partial charge on any atom is 0.271 e. The van der Waals surface area contributed by atoms with Gasteiger partial charge in [-0.3, -0.25) is 9.78 Å². The van der Waals surface area contributed by atoms with Gasteiger partial charge in [-0.05, 0) is 30.4 Å². The number of carbonyl (C=O) groups excluding carboxylic acids is 1. The third-order valence-electron chi connectivity index (χ3n) is 2.68. The fourth-order valence-corrected chi connectivity index (χ4v) is 1.66. The molecule has 1 aromatic heterocycles. The lowest BCUT2D eigenvalue weighted by Crippen LogP contribution is -2.17. The molecule has 5 heteroatoms. The Kier molecular flexibility index (Phi) is 5.23. The lowest BCUT2D eigenvalue weighted by atomic mass is 10.2. The monoisotopic (exact) mass is 281 g/mol. The van der Waals surface area contributed by atoms with E-state index in [9.17, 15) is 4.79 Å². The first-order chi connectivity index (χ1) is 10.3. The van der Waals surface area contributed by atoms with Crippen LogP contribution in [-0.4, -0.2) is 24.2 Å². The van der Waals surface area contributed by atoms with Crippen molar-refractivity contribution in [1.82, 2.24) is 10.4 Å². The molecule has 0 fully saturated rings. The predicted octanol–water partition coefficient (Wildman–Crippen LogP) is 2.52. The summed E-state index contributed by atoms with van der Waals surface area (Å²) in [5.74, 6) is 0.502. The van der Waals surface area contributed by atoms with Crippen LogP contribution in [0.25, 0.3) is 6.08 Å². The number of carbonyl (C=O) groups is 1. The van der Waals surface area contributed by atoms with Crippen molar-refractivity contribution in [2.45, 2.75) is 0 Å². The van der Waals surface area contributed by atoms with Gasteiger partial charge in [0.25, 0.3) is 5.91 Å². The van der Waals surface area contributed by atoms with Crippen LogP contribution >= 0.6 is 0 Å². The number of para-hydroxylation sites is 1. The lowest BCUT2D eigenvalue weighted by Gasteiger charge is -2.02. The normalized spacial score (nSPS) is 10.9. The quantitative estimate of drug-likeness (QED) is 0.676. The van der Waals surface area contributed by atoms with Crippen molar-refractivity contribution in [2.24, 2.45) is 5.10 Å². The highest BCUT2D eigenvalue weighted by atomic mass is 16.5. The molecule has 0 spiro atoms. The zero-order valence-electron chi connectivity index (χ0n) is 11.6. The minimum absolute atomic E-state index is 0.278. The van der Waals surface area contributed by atoms with Crippen LogP contribution in [0.2, 0.25) is 0 Å². The van der Waals surface area contributed by atoms with Crippen molar-refractivity contribution >= 4 is 18.2 Å². The summed E-state index contributed by atoms with van der Waals surface area (Å²) in [5, 5.41) is 3.85. The van der Waals surface area contributed by atoms with Crippen LogP contribution in [-0.2, 0) is 0 Å². The number of hydrogen-bond donors (Lipinski definition) is 1. The van der Waals surface area contributed by atoms with E-state index in [0.717, 1.165) is 11.3 Å².